The standard InChI is InChI=1S/C20H25ClN4O3S/c1-14-18(15(2)28-23-14)12-29-13-19(26)24-7-4-8-25(10-9-24)20(27)22-17-6-3-5-16(21)11-17/h3,5-6,11H,4,7-10,12-13H2,1-2H3,(H,22,27). The Labute approximate surface area is 179 Å². The molecule has 0 spiro atoms. The molecular formula is C20H25ClN4O3S. The zero-order chi connectivity index (χ0) is 20.8. The van der Waals surface area contributed by atoms with Crippen LogP contribution in [-0.4, -0.2) is 58.8 Å². The first kappa shape index (κ1) is 21.5. The zero-order valence-corrected chi connectivity index (χ0v) is 18.2. The third kappa shape index (κ3) is 5.90. The number of hydrogen-bond donors (Lipinski definition) is 1. The molecule has 1 fully saturated rings. The van der Waals surface area contributed by atoms with Gasteiger partial charge in [0, 0.05) is 48.2 Å². The number of anilines is 1. The van der Waals surface area contributed by atoms with E-state index >= 15 is 0 Å². The Hall–Kier alpha value is -2.19. The number of urea groups is 1. The largest absolute Gasteiger partial charge is 0.361 e. The van der Waals surface area contributed by atoms with Gasteiger partial charge in [0.2, 0.25) is 5.91 Å². The van der Waals surface area contributed by atoms with Crippen LogP contribution in [0, 0.1) is 13.8 Å². The predicted molar refractivity (Wildman–Crippen MR) is 115 cm³/mol. The highest BCUT2D eigenvalue weighted by Gasteiger charge is 2.22. The van der Waals surface area contributed by atoms with Crippen molar-refractivity contribution in [3.8, 4) is 0 Å². The van der Waals surface area contributed by atoms with Gasteiger partial charge >= 0.3 is 6.03 Å². The van der Waals surface area contributed by atoms with Crippen LogP contribution in [-0.2, 0) is 10.5 Å². The van der Waals surface area contributed by atoms with E-state index in [1.807, 2.05) is 18.7 Å². The smallest absolute Gasteiger partial charge is 0.321 e. The summed E-state index contributed by atoms with van der Waals surface area (Å²) in [4.78, 5) is 28.7. The molecule has 0 radical (unpaired) electrons. The van der Waals surface area contributed by atoms with Gasteiger partial charge < -0.3 is 19.6 Å². The third-order valence-electron chi connectivity index (χ3n) is 4.86. The highest BCUT2D eigenvalue weighted by atomic mass is 35.5. The molecule has 0 saturated carbocycles. The topological polar surface area (TPSA) is 78.7 Å². The Bertz CT molecular complexity index is 854. The molecule has 0 unspecified atom stereocenters. The lowest BCUT2D eigenvalue weighted by Crippen LogP contribution is -2.39. The first-order chi connectivity index (χ1) is 13.9. The number of aryl methyl sites for hydroxylation is 2. The molecule has 0 bridgehead atoms. The molecule has 29 heavy (non-hydrogen) atoms. The first-order valence-electron chi connectivity index (χ1n) is 9.53. The Morgan fingerprint density at radius 3 is 2.69 bits per heavy atom. The van der Waals surface area contributed by atoms with Gasteiger partial charge in [-0.15, -0.1) is 11.8 Å². The van der Waals surface area contributed by atoms with Crippen LogP contribution in [0.1, 0.15) is 23.4 Å². The van der Waals surface area contributed by atoms with Gasteiger partial charge in [0.15, 0.2) is 0 Å². The number of halogens is 1. The quantitative estimate of drug-likeness (QED) is 0.767. The molecule has 7 nitrogen and oxygen atoms in total. The Morgan fingerprint density at radius 2 is 1.97 bits per heavy atom. The number of amides is 3. The predicted octanol–water partition coefficient (Wildman–Crippen LogP) is 3.94. The maximum Gasteiger partial charge on any atom is 0.321 e. The van der Waals surface area contributed by atoms with Gasteiger partial charge in [-0.2, -0.15) is 0 Å². The van der Waals surface area contributed by atoms with E-state index in [2.05, 4.69) is 10.5 Å². The van der Waals surface area contributed by atoms with E-state index in [0.29, 0.717) is 48.4 Å². The molecule has 2 aromatic rings. The molecular weight excluding hydrogens is 412 g/mol. The number of thioether (sulfide) groups is 1. The maximum absolute atomic E-state index is 12.6. The van der Waals surface area contributed by atoms with Crippen LogP contribution in [0.2, 0.25) is 5.02 Å². The molecule has 1 aliphatic rings. The minimum Gasteiger partial charge on any atom is -0.361 e. The molecule has 1 aliphatic heterocycles. The Morgan fingerprint density at radius 1 is 1.21 bits per heavy atom. The number of benzene rings is 1. The van der Waals surface area contributed by atoms with E-state index in [4.69, 9.17) is 16.1 Å². The summed E-state index contributed by atoms with van der Waals surface area (Å²) in [6.07, 6.45) is 0.753. The summed E-state index contributed by atoms with van der Waals surface area (Å²) in [5.41, 5.74) is 2.59. The van der Waals surface area contributed by atoms with Crippen molar-refractivity contribution in [3.05, 3.63) is 46.3 Å². The van der Waals surface area contributed by atoms with Crippen molar-refractivity contribution in [1.82, 2.24) is 15.0 Å². The Kier molecular flexibility index (Phi) is 7.44. The molecule has 1 aromatic heterocycles. The summed E-state index contributed by atoms with van der Waals surface area (Å²) in [7, 11) is 0. The number of hydrogen-bond acceptors (Lipinski definition) is 5. The van der Waals surface area contributed by atoms with Crippen molar-refractivity contribution in [2.24, 2.45) is 0 Å². The summed E-state index contributed by atoms with van der Waals surface area (Å²) in [6.45, 7) is 6.11. The van der Waals surface area contributed by atoms with Crippen LogP contribution in [0.15, 0.2) is 28.8 Å². The first-order valence-corrected chi connectivity index (χ1v) is 11.1. The molecule has 2 heterocycles. The van der Waals surface area contributed by atoms with Crippen LogP contribution >= 0.6 is 23.4 Å². The number of carbonyl (C=O) groups is 2. The van der Waals surface area contributed by atoms with Crippen molar-refractivity contribution in [3.63, 3.8) is 0 Å². The number of rotatable bonds is 5. The monoisotopic (exact) mass is 436 g/mol. The minimum atomic E-state index is -0.172. The molecule has 1 aromatic carbocycles. The average molecular weight is 437 g/mol. The van der Waals surface area contributed by atoms with Gasteiger partial charge in [0.25, 0.3) is 0 Å². The molecule has 3 amide bonds. The van der Waals surface area contributed by atoms with Gasteiger partial charge in [-0.05, 0) is 38.5 Å². The van der Waals surface area contributed by atoms with Gasteiger partial charge in [0.05, 0.1) is 11.4 Å². The summed E-state index contributed by atoms with van der Waals surface area (Å²) >= 11 is 7.53. The van der Waals surface area contributed by atoms with Crippen molar-refractivity contribution in [2.45, 2.75) is 26.0 Å². The maximum atomic E-state index is 12.6. The number of nitrogens with zero attached hydrogens (tertiary/aromatic N) is 3. The third-order valence-corrected chi connectivity index (χ3v) is 6.04. The fourth-order valence-electron chi connectivity index (χ4n) is 3.18. The van der Waals surface area contributed by atoms with Crippen LogP contribution in [0.4, 0.5) is 10.5 Å². The second-order valence-electron chi connectivity index (χ2n) is 6.96. The van der Waals surface area contributed by atoms with Crippen molar-refractivity contribution < 1.29 is 14.1 Å². The van der Waals surface area contributed by atoms with Gasteiger partial charge in [-0.1, -0.05) is 22.8 Å². The van der Waals surface area contributed by atoms with Crippen LogP contribution in [0.3, 0.4) is 0 Å². The molecule has 3 rings (SSSR count). The fourth-order valence-corrected chi connectivity index (χ4v) is 4.44. The fraction of sp³-hybridized carbons (Fsp3) is 0.450. The van der Waals surface area contributed by atoms with Crippen LogP contribution < -0.4 is 5.32 Å². The van der Waals surface area contributed by atoms with E-state index in [0.717, 1.165) is 23.4 Å². The van der Waals surface area contributed by atoms with E-state index < -0.39 is 0 Å². The van der Waals surface area contributed by atoms with E-state index in [9.17, 15) is 9.59 Å². The highest BCUT2D eigenvalue weighted by Crippen LogP contribution is 2.20. The summed E-state index contributed by atoms with van der Waals surface area (Å²) in [5, 5.41) is 7.38. The summed E-state index contributed by atoms with van der Waals surface area (Å²) in [5.74, 6) is 2.01. The molecule has 0 aliphatic carbocycles. The van der Waals surface area contributed by atoms with E-state index in [1.165, 1.54) is 0 Å². The van der Waals surface area contributed by atoms with Gasteiger partial charge in [-0.25, -0.2) is 4.79 Å². The van der Waals surface area contributed by atoms with Crippen molar-refractivity contribution in [1.29, 1.82) is 0 Å². The summed E-state index contributed by atoms with van der Waals surface area (Å²) < 4.78 is 5.16. The number of nitrogens with one attached hydrogen (secondary N) is 1. The zero-order valence-electron chi connectivity index (χ0n) is 16.6. The summed E-state index contributed by atoms with van der Waals surface area (Å²) in [6, 6.07) is 6.89. The molecule has 156 valence electrons. The van der Waals surface area contributed by atoms with E-state index in [-0.39, 0.29) is 11.9 Å². The average Bonchev–Trinajstić information content (AvgIpc) is 2.88. The minimum absolute atomic E-state index is 0.0962. The molecule has 1 saturated heterocycles. The lowest BCUT2D eigenvalue weighted by Gasteiger charge is -2.22. The Balaban J connectivity index is 1.46. The molecule has 9 heteroatoms. The number of aromatic nitrogens is 1. The lowest BCUT2D eigenvalue weighted by atomic mass is 10.2. The second-order valence-corrected chi connectivity index (χ2v) is 8.38. The normalized spacial score (nSPS) is 14.6. The van der Waals surface area contributed by atoms with Crippen LogP contribution in [0.25, 0.3) is 0 Å². The van der Waals surface area contributed by atoms with Crippen molar-refractivity contribution >= 4 is 41.0 Å². The molecule has 0 atom stereocenters. The SMILES string of the molecule is Cc1noc(C)c1CSCC(=O)N1CCCN(C(=O)Nc2cccc(Cl)c2)CC1. The van der Waals surface area contributed by atoms with Gasteiger partial charge in [0.1, 0.15) is 5.76 Å². The van der Waals surface area contributed by atoms with Gasteiger partial charge in [-0.3, -0.25) is 4.79 Å². The highest BCUT2D eigenvalue weighted by molar-refractivity contribution is 7.99. The van der Waals surface area contributed by atoms with Crippen molar-refractivity contribution in [2.75, 3.05) is 37.2 Å². The van der Waals surface area contributed by atoms with Crippen LogP contribution in [0.5, 0.6) is 0 Å². The van der Waals surface area contributed by atoms with E-state index in [1.54, 1.807) is 40.9 Å². The second kappa shape index (κ2) is 10.0. The lowest BCUT2D eigenvalue weighted by molar-refractivity contribution is -0.128. The number of carbonyl (C=O) groups excluding carboxylic acids is 2. The molecule has 1 N–H and O–H groups in total.